The molecular formula is C23H17F4N5O3. The Morgan fingerprint density at radius 3 is 2.51 bits per heavy atom. The number of hydrogen-bond donors (Lipinski definition) is 1. The fourth-order valence-corrected chi connectivity index (χ4v) is 5.01. The highest BCUT2D eigenvalue weighted by atomic mass is 19.4. The highest BCUT2D eigenvalue weighted by Gasteiger charge is 2.63. The topological polar surface area (TPSA) is 96.8 Å². The fraction of sp³-hybridized carbons (Fsp3) is 0.304. The molecule has 180 valence electrons. The number of carbonyl (C=O) groups excluding carboxylic acids is 3. The molecule has 2 aromatic rings. The summed E-state index contributed by atoms with van der Waals surface area (Å²) >= 11 is 0. The molecule has 0 spiro atoms. The number of likely N-dealkylation sites (tertiary alicyclic amines) is 1. The van der Waals surface area contributed by atoms with Gasteiger partial charge in [0.2, 0.25) is 0 Å². The third kappa shape index (κ3) is 3.63. The Kier molecular flexibility index (Phi) is 5.16. The molecule has 0 unspecified atom stereocenters. The SMILES string of the molecule is N#Cc1ccc(N2C(=O)[C@H]3[C@@H]4C[C@@H](CN4C(=O)NCc4ccc(F)cc4)N3C2=O)cc1C(F)(F)F. The minimum Gasteiger partial charge on any atom is -0.334 e. The van der Waals surface area contributed by atoms with Gasteiger partial charge in [-0.05, 0) is 42.3 Å². The maximum atomic E-state index is 13.4. The summed E-state index contributed by atoms with van der Waals surface area (Å²) in [4.78, 5) is 42.5. The van der Waals surface area contributed by atoms with E-state index in [-0.39, 0.29) is 18.8 Å². The number of anilines is 1. The van der Waals surface area contributed by atoms with Gasteiger partial charge < -0.3 is 15.1 Å². The van der Waals surface area contributed by atoms with Crippen molar-refractivity contribution in [2.24, 2.45) is 0 Å². The zero-order valence-corrected chi connectivity index (χ0v) is 17.9. The van der Waals surface area contributed by atoms with Gasteiger partial charge in [0.1, 0.15) is 11.9 Å². The summed E-state index contributed by atoms with van der Waals surface area (Å²) in [6, 6.07) is 6.40. The fourth-order valence-electron chi connectivity index (χ4n) is 5.01. The lowest BCUT2D eigenvalue weighted by molar-refractivity contribution is -0.137. The van der Waals surface area contributed by atoms with Gasteiger partial charge in [-0.3, -0.25) is 4.79 Å². The van der Waals surface area contributed by atoms with Crippen LogP contribution in [0.2, 0.25) is 0 Å². The van der Waals surface area contributed by atoms with Crippen molar-refractivity contribution in [2.75, 3.05) is 11.4 Å². The molecule has 3 heterocycles. The van der Waals surface area contributed by atoms with Crippen molar-refractivity contribution < 1.29 is 31.9 Å². The molecule has 3 fully saturated rings. The summed E-state index contributed by atoms with van der Waals surface area (Å²) in [6.45, 7) is 0.302. The van der Waals surface area contributed by atoms with Crippen LogP contribution in [0.15, 0.2) is 42.5 Å². The van der Waals surface area contributed by atoms with Crippen LogP contribution in [0.25, 0.3) is 0 Å². The molecule has 3 aliphatic heterocycles. The van der Waals surface area contributed by atoms with Crippen LogP contribution < -0.4 is 10.2 Å². The number of nitrogens with zero attached hydrogens (tertiary/aromatic N) is 4. The number of nitriles is 1. The molecule has 3 saturated heterocycles. The number of fused-ring (bicyclic) bond motifs is 5. The lowest BCUT2D eigenvalue weighted by Crippen LogP contribution is -2.56. The first-order chi connectivity index (χ1) is 16.6. The van der Waals surface area contributed by atoms with Crippen molar-refractivity contribution in [3.05, 3.63) is 65.0 Å². The highest BCUT2D eigenvalue weighted by molar-refractivity contribution is 6.22. The van der Waals surface area contributed by atoms with Crippen LogP contribution in [-0.2, 0) is 17.5 Å². The molecular weight excluding hydrogens is 470 g/mol. The summed E-state index contributed by atoms with van der Waals surface area (Å²) < 4.78 is 53.3. The lowest BCUT2D eigenvalue weighted by atomic mass is 10.1. The van der Waals surface area contributed by atoms with Gasteiger partial charge >= 0.3 is 18.2 Å². The van der Waals surface area contributed by atoms with E-state index in [9.17, 15) is 31.9 Å². The molecule has 0 radical (unpaired) electrons. The average molecular weight is 487 g/mol. The van der Waals surface area contributed by atoms with Gasteiger partial charge in [-0.2, -0.15) is 18.4 Å². The standard InChI is InChI=1S/C23H17F4N5O3/c24-14-4-1-12(2-5-14)10-29-21(34)30-11-16-8-18(30)19-20(33)32(22(35)31(16)19)15-6-3-13(9-28)17(7-15)23(25,26)27/h1-7,16,18-19H,8,10-11H2,(H,29,34)/t16-,18-,19+/m0/s1. The molecule has 3 aliphatic rings. The third-order valence-electron chi connectivity index (χ3n) is 6.57. The molecule has 2 aromatic carbocycles. The monoisotopic (exact) mass is 487 g/mol. The van der Waals surface area contributed by atoms with Gasteiger partial charge in [0.15, 0.2) is 0 Å². The Balaban J connectivity index is 1.35. The quantitative estimate of drug-likeness (QED) is 0.531. The van der Waals surface area contributed by atoms with E-state index in [1.54, 1.807) is 0 Å². The van der Waals surface area contributed by atoms with E-state index in [1.807, 2.05) is 0 Å². The van der Waals surface area contributed by atoms with Crippen LogP contribution in [0.1, 0.15) is 23.1 Å². The second-order valence-electron chi connectivity index (χ2n) is 8.54. The van der Waals surface area contributed by atoms with E-state index in [2.05, 4.69) is 5.32 Å². The van der Waals surface area contributed by atoms with E-state index in [0.717, 1.165) is 12.1 Å². The predicted molar refractivity (Wildman–Crippen MR) is 112 cm³/mol. The first-order valence-corrected chi connectivity index (χ1v) is 10.7. The summed E-state index contributed by atoms with van der Waals surface area (Å²) in [5.74, 6) is -1.13. The van der Waals surface area contributed by atoms with Gasteiger partial charge in [0.25, 0.3) is 5.91 Å². The average Bonchev–Trinajstić information content (AvgIpc) is 3.49. The Morgan fingerprint density at radius 2 is 1.86 bits per heavy atom. The number of hydrogen-bond acceptors (Lipinski definition) is 4. The van der Waals surface area contributed by atoms with Crippen LogP contribution in [0.3, 0.4) is 0 Å². The smallest absolute Gasteiger partial charge is 0.334 e. The van der Waals surface area contributed by atoms with Gasteiger partial charge in [-0.1, -0.05) is 12.1 Å². The molecule has 5 amide bonds. The molecule has 1 N–H and O–H groups in total. The van der Waals surface area contributed by atoms with Crippen molar-refractivity contribution in [3.8, 4) is 6.07 Å². The zero-order chi connectivity index (χ0) is 25.1. The number of imide groups is 1. The van der Waals surface area contributed by atoms with Crippen molar-refractivity contribution >= 4 is 23.7 Å². The number of halogens is 4. The second kappa shape index (κ2) is 7.97. The number of nitrogens with one attached hydrogen (secondary N) is 1. The number of benzene rings is 2. The number of urea groups is 2. The summed E-state index contributed by atoms with van der Waals surface area (Å²) in [5.41, 5.74) is -1.47. The molecule has 8 nitrogen and oxygen atoms in total. The summed E-state index contributed by atoms with van der Waals surface area (Å²) in [6.07, 6.45) is -4.47. The molecule has 2 bridgehead atoms. The number of piperazine rings is 1. The van der Waals surface area contributed by atoms with Gasteiger partial charge in [-0.25, -0.2) is 18.9 Å². The van der Waals surface area contributed by atoms with E-state index in [0.29, 0.717) is 23.0 Å². The number of alkyl halides is 3. The molecule has 0 aliphatic carbocycles. The normalized spacial score (nSPS) is 23.1. The van der Waals surface area contributed by atoms with E-state index in [1.165, 1.54) is 40.1 Å². The maximum Gasteiger partial charge on any atom is 0.417 e. The third-order valence-corrected chi connectivity index (χ3v) is 6.57. The predicted octanol–water partition coefficient (Wildman–Crippen LogP) is 3.22. The first kappa shape index (κ1) is 22.6. The van der Waals surface area contributed by atoms with Crippen molar-refractivity contribution in [2.45, 2.75) is 37.3 Å². The number of carbonyl (C=O) groups is 3. The first-order valence-electron chi connectivity index (χ1n) is 10.7. The largest absolute Gasteiger partial charge is 0.417 e. The van der Waals surface area contributed by atoms with Crippen molar-refractivity contribution in [1.82, 2.24) is 15.1 Å². The van der Waals surface area contributed by atoms with Crippen LogP contribution in [-0.4, -0.2) is 52.4 Å². The van der Waals surface area contributed by atoms with Gasteiger partial charge in [0, 0.05) is 13.1 Å². The zero-order valence-electron chi connectivity index (χ0n) is 17.9. The van der Waals surface area contributed by atoms with Crippen LogP contribution in [0.4, 0.5) is 32.8 Å². The molecule has 0 aromatic heterocycles. The molecule has 0 saturated carbocycles. The van der Waals surface area contributed by atoms with Gasteiger partial charge in [0.05, 0.1) is 35.0 Å². The van der Waals surface area contributed by atoms with Crippen LogP contribution in [0, 0.1) is 17.1 Å². The highest BCUT2D eigenvalue weighted by Crippen LogP contribution is 2.43. The van der Waals surface area contributed by atoms with E-state index >= 15 is 0 Å². The summed E-state index contributed by atoms with van der Waals surface area (Å²) in [5, 5.41) is 11.7. The number of rotatable bonds is 3. The Bertz CT molecular complexity index is 1270. The molecule has 3 atom stereocenters. The molecule has 12 heteroatoms. The maximum absolute atomic E-state index is 13.4. The van der Waals surface area contributed by atoms with E-state index in [4.69, 9.17) is 5.26 Å². The minimum absolute atomic E-state index is 0.131. The van der Waals surface area contributed by atoms with Crippen molar-refractivity contribution in [3.63, 3.8) is 0 Å². The van der Waals surface area contributed by atoms with Crippen LogP contribution >= 0.6 is 0 Å². The van der Waals surface area contributed by atoms with Crippen molar-refractivity contribution in [1.29, 1.82) is 5.26 Å². The van der Waals surface area contributed by atoms with Crippen LogP contribution in [0.5, 0.6) is 0 Å². The lowest BCUT2D eigenvalue weighted by Gasteiger charge is -2.34. The minimum atomic E-state index is -4.85. The summed E-state index contributed by atoms with van der Waals surface area (Å²) in [7, 11) is 0. The molecule has 35 heavy (non-hydrogen) atoms. The number of amides is 5. The Morgan fingerprint density at radius 1 is 1.14 bits per heavy atom. The second-order valence-corrected chi connectivity index (χ2v) is 8.54. The Hall–Kier alpha value is -4.14. The molecule has 5 rings (SSSR count). The van der Waals surface area contributed by atoms with E-state index < -0.39 is 59.2 Å². The Labute approximate surface area is 196 Å². The van der Waals surface area contributed by atoms with Gasteiger partial charge in [-0.15, -0.1) is 0 Å².